The van der Waals surface area contributed by atoms with Crippen molar-refractivity contribution in [2.45, 2.75) is 0 Å². The Morgan fingerprint density at radius 3 is 2.48 bits per heavy atom. The third-order valence-corrected chi connectivity index (χ3v) is 3.62. The zero-order valence-corrected chi connectivity index (χ0v) is 11.0. The van der Waals surface area contributed by atoms with Gasteiger partial charge in [-0.3, -0.25) is 4.79 Å². The highest BCUT2D eigenvalue weighted by Gasteiger charge is 2.12. The smallest absolute Gasteiger partial charge is 0.179 e. The Morgan fingerprint density at radius 1 is 0.905 bits per heavy atom. The highest BCUT2D eigenvalue weighted by Crippen LogP contribution is 2.33. The monoisotopic (exact) mass is 277 g/mol. The number of hydrogen-bond donors (Lipinski definition) is 2. The van der Waals surface area contributed by atoms with E-state index in [1.54, 1.807) is 42.5 Å². The van der Waals surface area contributed by atoms with Crippen LogP contribution in [0.15, 0.2) is 63.9 Å². The van der Waals surface area contributed by atoms with E-state index in [-0.39, 0.29) is 11.2 Å². The molecule has 0 aliphatic rings. The lowest BCUT2D eigenvalue weighted by Crippen LogP contribution is -1.94. The molecule has 21 heavy (non-hydrogen) atoms. The van der Waals surface area contributed by atoms with Gasteiger partial charge in [0.1, 0.15) is 5.75 Å². The van der Waals surface area contributed by atoms with Gasteiger partial charge in [-0.25, -0.2) is 5.16 Å². The van der Waals surface area contributed by atoms with Gasteiger partial charge in [0, 0.05) is 16.3 Å². The van der Waals surface area contributed by atoms with Crippen LogP contribution in [0.25, 0.3) is 33.0 Å². The minimum Gasteiger partial charge on any atom is -0.508 e. The second-order valence-electron chi connectivity index (χ2n) is 4.95. The fourth-order valence-electron chi connectivity index (χ4n) is 2.59. The molecule has 0 aliphatic carbocycles. The first-order valence-corrected chi connectivity index (χ1v) is 6.56. The van der Waals surface area contributed by atoms with E-state index in [1.807, 2.05) is 12.1 Å². The molecule has 0 aliphatic heterocycles. The van der Waals surface area contributed by atoms with Crippen molar-refractivity contribution >= 4 is 21.7 Å². The van der Waals surface area contributed by atoms with Gasteiger partial charge in [0.05, 0.1) is 5.52 Å². The molecule has 4 nitrogen and oxygen atoms in total. The average molecular weight is 277 g/mol. The van der Waals surface area contributed by atoms with Crippen LogP contribution in [0.5, 0.6) is 5.75 Å². The Kier molecular flexibility index (Phi) is 2.38. The minimum absolute atomic E-state index is 0.0101. The Labute approximate surface area is 119 Å². The highest BCUT2D eigenvalue weighted by atomic mass is 16.5. The Bertz CT molecular complexity index is 1010. The number of phenols is 1. The van der Waals surface area contributed by atoms with Crippen LogP contribution in [0.1, 0.15) is 0 Å². The topological polar surface area (TPSA) is 66.2 Å². The van der Waals surface area contributed by atoms with Crippen LogP contribution in [0.2, 0.25) is 0 Å². The second kappa shape index (κ2) is 4.24. The van der Waals surface area contributed by atoms with Crippen molar-refractivity contribution in [3.05, 3.63) is 64.8 Å². The molecule has 0 atom stereocenters. The van der Waals surface area contributed by atoms with E-state index in [4.69, 9.17) is 4.52 Å². The maximum atomic E-state index is 11.4. The normalized spacial score (nSPS) is 11.2. The molecule has 1 aromatic heterocycles. The van der Waals surface area contributed by atoms with Crippen molar-refractivity contribution < 1.29 is 9.63 Å². The third-order valence-electron chi connectivity index (χ3n) is 3.62. The van der Waals surface area contributed by atoms with Crippen LogP contribution in [-0.4, -0.2) is 10.3 Å². The molecule has 0 saturated carbocycles. The summed E-state index contributed by atoms with van der Waals surface area (Å²) in [5.41, 5.74) is 1.72. The molecule has 0 fully saturated rings. The maximum absolute atomic E-state index is 11.4. The SMILES string of the molecule is O=c1ccc2c(ccc3c(-c4ccc(O)cc4)o[nH]c32)c1. The van der Waals surface area contributed by atoms with Crippen LogP contribution in [-0.2, 0) is 0 Å². The third kappa shape index (κ3) is 1.80. The van der Waals surface area contributed by atoms with Crippen LogP contribution in [0.4, 0.5) is 0 Å². The minimum atomic E-state index is -0.0101. The zero-order chi connectivity index (χ0) is 14.4. The van der Waals surface area contributed by atoms with Crippen LogP contribution >= 0.6 is 0 Å². The van der Waals surface area contributed by atoms with Gasteiger partial charge in [-0.05, 0) is 53.9 Å². The number of phenolic OH excluding ortho intramolecular Hbond substituents is 1. The van der Waals surface area contributed by atoms with Crippen molar-refractivity contribution in [2.75, 3.05) is 0 Å². The molecular weight excluding hydrogens is 266 g/mol. The van der Waals surface area contributed by atoms with Crippen molar-refractivity contribution in [2.24, 2.45) is 0 Å². The van der Waals surface area contributed by atoms with Gasteiger partial charge in [0.15, 0.2) is 11.2 Å². The quantitative estimate of drug-likeness (QED) is 0.558. The molecular formula is C17H11NO3. The number of fused-ring (bicyclic) bond motifs is 3. The zero-order valence-electron chi connectivity index (χ0n) is 11.0. The molecule has 3 aromatic carbocycles. The van der Waals surface area contributed by atoms with E-state index < -0.39 is 0 Å². The summed E-state index contributed by atoms with van der Waals surface area (Å²) in [5, 5.41) is 15.1. The average Bonchev–Trinajstić information content (AvgIpc) is 2.92. The van der Waals surface area contributed by atoms with Crippen molar-refractivity contribution in [1.29, 1.82) is 0 Å². The highest BCUT2D eigenvalue weighted by molar-refractivity contribution is 6.08. The molecule has 4 aromatic rings. The van der Waals surface area contributed by atoms with Gasteiger partial charge >= 0.3 is 0 Å². The number of benzene rings is 3. The molecule has 0 spiro atoms. The molecule has 0 bridgehead atoms. The van der Waals surface area contributed by atoms with Gasteiger partial charge in [0.25, 0.3) is 0 Å². The van der Waals surface area contributed by atoms with E-state index in [9.17, 15) is 9.90 Å². The number of aromatic amines is 1. The molecule has 2 N–H and O–H groups in total. The first kappa shape index (κ1) is 11.8. The summed E-state index contributed by atoms with van der Waals surface area (Å²) in [6.45, 7) is 0. The Morgan fingerprint density at radius 2 is 1.67 bits per heavy atom. The van der Waals surface area contributed by atoms with Gasteiger partial charge in [-0.1, -0.05) is 6.07 Å². The van der Waals surface area contributed by atoms with Crippen molar-refractivity contribution in [3.63, 3.8) is 0 Å². The molecule has 1 heterocycles. The summed E-state index contributed by atoms with van der Waals surface area (Å²) in [6, 6.07) is 15.6. The van der Waals surface area contributed by atoms with Gasteiger partial charge in [-0.2, -0.15) is 0 Å². The van der Waals surface area contributed by atoms with E-state index in [0.29, 0.717) is 5.76 Å². The summed E-state index contributed by atoms with van der Waals surface area (Å²) in [6.07, 6.45) is 0. The van der Waals surface area contributed by atoms with Crippen LogP contribution in [0, 0.1) is 0 Å². The lowest BCUT2D eigenvalue weighted by atomic mass is 10.0. The van der Waals surface area contributed by atoms with Gasteiger partial charge in [0.2, 0.25) is 0 Å². The molecule has 0 amide bonds. The summed E-state index contributed by atoms with van der Waals surface area (Å²) >= 11 is 0. The fraction of sp³-hybridized carbons (Fsp3) is 0. The number of H-pyrrole nitrogens is 1. The van der Waals surface area contributed by atoms with E-state index >= 15 is 0 Å². The number of hydrogen-bond acceptors (Lipinski definition) is 3. The Balaban J connectivity index is 2.02. The van der Waals surface area contributed by atoms with E-state index in [2.05, 4.69) is 5.16 Å². The molecule has 4 heteroatoms. The number of nitrogens with one attached hydrogen (secondary N) is 1. The van der Waals surface area contributed by atoms with Crippen molar-refractivity contribution in [1.82, 2.24) is 5.16 Å². The fourth-order valence-corrected chi connectivity index (χ4v) is 2.59. The largest absolute Gasteiger partial charge is 0.508 e. The lowest BCUT2D eigenvalue weighted by molar-refractivity contribution is 0.441. The number of rotatable bonds is 1. The number of aromatic hydroxyl groups is 1. The summed E-state index contributed by atoms with van der Waals surface area (Å²) < 4.78 is 5.59. The molecule has 4 rings (SSSR count). The van der Waals surface area contributed by atoms with Crippen LogP contribution in [0.3, 0.4) is 0 Å². The predicted octanol–water partition coefficient (Wildman–Crippen LogP) is 3.65. The molecule has 102 valence electrons. The van der Waals surface area contributed by atoms with Gasteiger partial charge in [-0.15, -0.1) is 0 Å². The summed E-state index contributed by atoms with van der Waals surface area (Å²) in [4.78, 5) is 11.4. The van der Waals surface area contributed by atoms with Crippen LogP contribution < -0.4 is 5.43 Å². The Hall–Kier alpha value is -3.01. The standard InChI is InChI=1S/C17H11NO3/c19-12-4-1-10(2-5-12)17-15-7-3-11-9-13(20)6-8-14(11)16(15)18-21-17/h1-9,18-19H. The second-order valence-corrected chi connectivity index (χ2v) is 4.95. The van der Waals surface area contributed by atoms with E-state index in [1.165, 1.54) is 0 Å². The lowest BCUT2D eigenvalue weighted by Gasteiger charge is -1.99. The van der Waals surface area contributed by atoms with E-state index in [0.717, 1.165) is 27.2 Å². The first-order chi connectivity index (χ1) is 10.2. The van der Waals surface area contributed by atoms with Crippen molar-refractivity contribution in [3.8, 4) is 17.1 Å². The molecule has 0 radical (unpaired) electrons. The first-order valence-electron chi connectivity index (χ1n) is 6.56. The summed E-state index contributed by atoms with van der Waals surface area (Å²) in [7, 11) is 0. The summed E-state index contributed by atoms with van der Waals surface area (Å²) in [5.74, 6) is 0.921. The maximum Gasteiger partial charge on any atom is 0.179 e. The van der Waals surface area contributed by atoms with Gasteiger partial charge < -0.3 is 9.63 Å². The molecule has 0 unspecified atom stereocenters. The molecule has 0 saturated heterocycles. The predicted molar refractivity (Wildman–Crippen MR) is 81.4 cm³/mol. The number of aromatic nitrogens is 1.